The van der Waals surface area contributed by atoms with Crippen molar-refractivity contribution in [2.75, 3.05) is 5.73 Å². The molecule has 0 aliphatic heterocycles. The number of nitrogens with zero attached hydrogens (tertiary/aromatic N) is 2. The van der Waals surface area contributed by atoms with Crippen molar-refractivity contribution in [1.29, 1.82) is 0 Å². The van der Waals surface area contributed by atoms with Crippen LogP contribution >= 0.6 is 0 Å². The number of rotatable bonds is 1. The Bertz CT molecular complexity index is 720. The second kappa shape index (κ2) is 4.11. The molecule has 0 saturated heterocycles. The number of hydrogen-bond donors (Lipinski definition) is 1. The summed E-state index contributed by atoms with van der Waals surface area (Å²) in [6, 6.07) is 14.6. The molecule has 3 heteroatoms. The van der Waals surface area contributed by atoms with E-state index in [2.05, 4.69) is 53.3 Å². The molecule has 3 nitrogen and oxygen atoms in total. The molecule has 0 unspecified atom stereocenters. The average Bonchev–Trinajstić information content (AvgIpc) is 2.38. The summed E-state index contributed by atoms with van der Waals surface area (Å²) in [5.41, 5.74) is 8.78. The van der Waals surface area contributed by atoms with Crippen LogP contribution in [-0.2, 0) is 0 Å². The third-order valence-corrected chi connectivity index (χ3v) is 2.97. The number of benzene rings is 2. The van der Waals surface area contributed by atoms with Crippen LogP contribution in [0.25, 0.3) is 22.0 Å². The summed E-state index contributed by atoms with van der Waals surface area (Å²) in [5.74, 6) is 0.302. The Morgan fingerprint density at radius 3 is 2.56 bits per heavy atom. The fourth-order valence-electron chi connectivity index (χ4n) is 2.06. The van der Waals surface area contributed by atoms with E-state index in [0.717, 1.165) is 11.3 Å². The van der Waals surface area contributed by atoms with Crippen LogP contribution in [-0.4, -0.2) is 9.97 Å². The zero-order valence-electron chi connectivity index (χ0n) is 10.1. The molecule has 0 atom stereocenters. The van der Waals surface area contributed by atoms with E-state index in [1.807, 2.05) is 6.07 Å². The molecule has 0 fully saturated rings. The maximum atomic E-state index is 5.61. The van der Waals surface area contributed by atoms with E-state index in [4.69, 9.17) is 5.73 Å². The maximum absolute atomic E-state index is 5.61. The van der Waals surface area contributed by atoms with Gasteiger partial charge in [0.05, 0.1) is 5.69 Å². The predicted octanol–water partition coefficient (Wildman–Crippen LogP) is 3.19. The van der Waals surface area contributed by atoms with Gasteiger partial charge in [-0.25, -0.2) is 9.97 Å². The van der Waals surface area contributed by atoms with Gasteiger partial charge in [-0.15, -0.1) is 0 Å². The van der Waals surface area contributed by atoms with Gasteiger partial charge in [0.25, 0.3) is 0 Å². The van der Waals surface area contributed by atoms with Crippen LogP contribution in [0.15, 0.2) is 48.7 Å². The number of anilines is 1. The highest BCUT2D eigenvalue weighted by molar-refractivity contribution is 5.87. The van der Waals surface area contributed by atoms with Crippen molar-refractivity contribution in [3.05, 3.63) is 54.2 Å². The molecule has 0 aliphatic carbocycles. The highest BCUT2D eigenvalue weighted by Gasteiger charge is 2.02. The first-order chi connectivity index (χ1) is 8.72. The van der Waals surface area contributed by atoms with Crippen molar-refractivity contribution < 1.29 is 0 Å². The first-order valence-corrected chi connectivity index (χ1v) is 5.82. The first kappa shape index (κ1) is 10.7. The minimum Gasteiger partial charge on any atom is -0.368 e. The van der Waals surface area contributed by atoms with Gasteiger partial charge >= 0.3 is 0 Å². The third kappa shape index (κ3) is 1.91. The predicted molar refractivity (Wildman–Crippen MR) is 74.1 cm³/mol. The van der Waals surface area contributed by atoms with Crippen LogP contribution in [0.1, 0.15) is 5.56 Å². The van der Waals surface area contributed by atoms with E-state index in [-0.39, 0.29) is 0 Å². The van der Waals surface area contributed by atoms with Crippen molar-refractivity contribution in [1.82, 2.24) is 9.97 Å². The van der Waals surface area contributed by atoms with Gasteiger partial charge in [0.1, 0.15) is 0 Å². The summed E-state index contributed by atoms with van der Waals surface area (Å²) in [6.07, 6.45) is 1.68. The Morgan fingerprint density at radius 1 is 0.944 bits per heavy atom. The molecule has 2 aromatic carbocycles. The second-order valence-electron chi connectivity index (χ2n) is 4.37. The molecule has 3 rings (SSSR count). The van der Waals surface area contributed by atoms with E-state index >= 15 is 0 Å². The van der Waals surface area contributed by atoms with Gasteiger partial charge in [-0.3, -0.25) is 0 Å². The fourth-order valence-corrected chi connectivity index (χ4v) is 2.06. The van der Waals surface area contributed by atoms with Crippen molar-refractivity contribution in [3.63, 3.8) is 0 Å². The van der Waals surface area contributed by atoms with Crippen molar-refractivity contribution in [3.8, 4) is 11.3 Å². The number of hydrogen-bond acceptors (Lipinski definition) is 3. The number of nitrogen functional groups attached to an aromatic ring is 1. The molecule has 88 valence electrons. The van der Waals surface area contributed by atoms with Gasteiger partial charge in [-0.2, -0.15) is 0 Å². The molecule has 3 aromatic rings. The lowest BCUT2D eigenvalue weighted by Crippen LogP contribution is -1.95. The summed E-state index contributed by atoms with van der Waals surface area (Å²) in [5, 5.41) is 2.44. The quantitative estimate of drug-likeness (QED) is 0.704. The fraction of sp³-hybridized carbons (Fsp3) is 0.0667. The van der Waals surface area contributed by atoms with Gasteiger partial charge in [-0.1, -0.05) is 35.9 Å². The smallest absolute Gasteiger partial charge is 0.220 e. The minimum absolute atomic E-state index is 0.302. The number of aromatic nitrogens is 2. The van der Waals surface area contributed by atoms with Crippen molar-refractivity contribution in [2.45, 2.75) is 6.92 Å². The van der Waals surface area contributed by atoms with Gasteiger partial charge < -0.3 is 5.73 Å². The summed E-state index contributed by atoms with van der Waals surface area (Å²) in [7, 11) is 0. The van der Waals surface area contributed by atoms with E-state index in [1.165, 1.54) is 16.3 Å². The molecule has 0 aliphatic rings. The highest BCUT2D eigenvalue weighted by Crippen LogP contribution is 2.23. The van der Waals surface area contributed by atoms with Crippen LogP contribution < -0.4 is 5.73 Å². The lowest BCUT2D eigenvalue weighted by Gasteiger charge is -2.04. The Labute approximate surface area is 105 Å². The van der Waals surface area contributed by atoms with Crippen LogP contribution in [0.5, 0.6) is 0 Å². The molecule has 18 heavy (non-hydrogen) atoms. The number of fused-ring (bicyclic) bond motifs is 1. The first-order valence-electron chi connectivity index (χ1n) is 5.82. The van der Waals surface area contributed by atoms with Crippen LogP contribution in [0, 0.1) is 6.92 Å². The minimum atomic E-state index is 0.302. The van der Waals surface area contributed by atoms with E-state index in [9.17, 15) is 0 Å². The van der Waals surface area contributed by atoms with Crippen LogP contribution in [0.2, 0.25) is 0 Å². The average molecular weight is 235 g/mol. The van der Waals surface area contributed by atoms with Gasteiger partial charge in [-0.05, 0) is 29.8 Å². The molecule has 0 saturated carbocycles. The standard InChI is InChI=1S/C15H13N3/c1-10-2-3-12-9-13(5-4-11(12)8-10)14-6-7-17-15(16)18-14/h2-9H,1H3,(H2,16,17,18). The Balaban J connectivity index is 2.16. The number of aryl methyl sites for hydroxylation is 1. The molecule has 0 spiro atoms. The second-order valence-corrected chi connectivity index (χ2v) is 4.37. The molecular formula is C15H13N3. The summed E-state index contributed by atoms with van der Waals surface area (Å²) >= 11 is 0. The normalized spacial score (nSPS) is 10.7. The highest BCUT2D eigenvalue weighted by atomic mass is 15.0. The maximum Gasteiger partial charge on any atom is 0.220 e. The molecule has 0 amide bonds. The third-order valence-electron chi connectivity index (χ3n) is 2.97. The largest absolute Gasteiger partial charge is 0.368 e. The Hall–Kier alpha value is -2.42. The summed E-state index contributed by atoms with van der Waals surface area (Å²) < 4.78 is 0. The lowest BCUT2D eigenvalue weighted by molar-refractivity contribution is 1.19. The Morgan fingerprint density at radius 2 is 1.72 bits per heavy atom. The molecule has 0 radical (unpaired) electrons. The number of nitrogens with two attached hydrogens (primary N) is 1. The SMILES string of the molecule is Cc1ccc2cc(-c3ccnc(N)n3)ccc2c1. The zero-order valence-corrected chi connectivity index (χ0v) is 10.1. The molecular weight excluding hydrogens is 222 g/mol. The van der Waals surface area contributed by atoms with Gasteiger partial charge in [0.15, 0.2) is 0 Å². The lowest BCUT2D eigenvalue weighted by atomic mass is 10.0. The summed E-state index contributed by atoms with van der Waals surface area (Å²) in [6.45, 7) is 2.10. The monoisotopic (exact) mass is 235 g/mol. The Kier molecular flexibility index (Phi) is 2.45. The van der Waals surface area contributed by atoms with E-state index in [0.29, 0.717) is 5.95 Å². The molecule has 2 N–H and O–H groups in total. The topological polar surface area (TPSA) is 51.8 Å². The van der Waals surface area contributed by atoms with Crippen LogP contribution in [0.4, 0.5) is 5.95 Å². The van der Waals surface area contributed by atoms with Gasteiger partial charge in [0, 0.05) is 11.8 Å². The van der Waals surface area contributed by atoms with Crippen LogP contribution in [0.3, 0.4) is 0 Å². The summed E-state index contributed by atoms with van der Waals surface area (Å²) in [4.78, 5) is 8.14. The molecule has 1 heterocycles. The van der Waals surface area contributed by atoms with Gasteiger partial charge in [0.2, 0.25) is 5.95 Å². The zero-order chi connectivity index (χ0) is 12.5. The molecule has 0 bridgehead atoms. The van der Waals surface area contributed by atoms with E-state index < -0.39 is 0 Å². The molecule has 1 aromatic heterocycles. The van der Waals surface area contributed by atoms with E-state index in [1.54, 1.807) is 6.20 Å². The van der Waals surface area contributed by atoms with Crippen molar-refractivity contribution in [2.24, 2.45) is 0 Å². The van der Waals surface area contributed by atoms with Crippen molar-refractivity contribution >= 4 is 16.7 Å².